The minimum absolute atomic E-state index is 0.0166. The number of methoxy groups -OCH3 is 1. The van der Waals surface area contributed by atoms with Gasteiger partial charge in [-0.1, -0.05) is 12.1 Å². The van der Waals surface area contributed by atoms with Gasteiger partial charge in [0, 0.05) is 42.5 Å². The summed E-state index contributed by atoms with van der Waals surface area (Å²) in [6, 6.07) is 7.64. The van der Waals surface area contributed by atoms with Gasteiger partial charge in [-0.05, 0) is 51.3 Å². The molecule has 0 saturated carbocycles. The normalized spacial score (nSPS) is 16.1. The number of carbonyl (C=O) groups is 2. The van der Waals surface area contributed by atoms with Crippen LogP contribution in [0.2, 0.25) is 0 Å². The molecule has 1 fully saturated rings. The highest BCUT2D eigenvalue weighted by Crippen LogP contribution is 2.27. The molecule has 1 aliphatic heterocycles. The molecule has 1 unspecified atom stereocenters. The molecule has 1 N–H and O–H groups in total. The Balaban J connectivity index is 1.69. The molecule has 2 amide bonds. The summed E-state index contributed by atoms with van der Waals surface area (Å²) in [4.78, 5) is 36.3. The van der Waals surface area contributed by atoms with E-state index in [1.807, 2.05) is 49.9 Å². The summed E-state index contributed by atoms with van der Waals surface area (Å²) >= 11 is 0. The van der Waals surface area contributed by atoms with Gasteiger partial charge in [0.05, 0.1) is 20.0 Å². The molecule has 1 aromatic heterocycles. The van der Waals surface area contributed by atoms with Crippen molar-refractivity contribution in [3.05, 3.63) is 52.6 Å². The van der Waals surface area contributed by atoms with E-state index in [9.17, 15) is 9.59 Å². The number of ether oxygens (including phenoxy) is 1. The predicted octanol–water partition coefficient (Wildman–Crippen LogP) is 2.73. The molecule has 1 aromatic carbocycles. The minimum atomic E-state index is -0.0166. The molecule has 31 heavy (non-hydrogen) atoms. The molecule has 166 valence electrons. The molecule has 0 aliphatic carbocycles. The van der Waals surface area contributed by atoms with E-state index in [1.54, 1.807) is 7.11 Å². The zero-order valence-corrected chi connectivity index (χ0v) is 18.9. The van der Waals surface area contributed by atoms with Crippen LogP contribution in [-0.2, 0) is 22.4 Å². The highest BCUT2D eigenvalue weighted by molar-refractivity contribution is 5.79. The van der Waals surface area contributed by atoms with Crippen molar-refractivity contribution < 1.29 is 14.3 Å². The molecule has 1 aliphatic rings. The zero-order valence-electron chi connectivity index (χ0n) is 18.9. The number of nitrogens with zero attached hydrogens (tertiary/aromatic N) is 3. The van der Waals surface area contributed by atoms with Gasteiger partial charge in [0.15, 0.2) is 0 Å². The van der Waals surface area contributed by atoms with Crippen molar-refractivity contribution >= 4 is 11.8 Å². The fraction of sp³-hybridized carbons (Fsp3) is 0.500. The predicted molar refractivity (Wildman–Crippen MR) is 119 cm³/mol. The van der Waals surface area contributed by atoms with Gasteiger partial charge in [-0.15, -0.1) is 0 Å². The maximum Gasteiger partial charge on any atom is 0.227 e. The van der Waals surface area contributed by atoms with Gasteiger partial charge in [-0.25, -0.2) is 9.97 Å². The number of hydrogen-bond acceptors (Lipinski definition) is 5. The average molecular weight is 425 g/mol. The molecule has 2 heterocycles. The number of rotatable bonds is 7. The SMILES string of the molecule is CCNC(=O)Cc1c(C)nc(C2CCCN(C(=O)Cc3cccc(OC)c3)C2)nc1C. The average Bonchev–Trinajstić information content (AvgIpc) is 2.76. The molecule has 7 heteroatoms. The Kier molecular flexibility index (Phi) is 7.60. The van der Waals surface area contributed by atoms with Gasteiger partial charge in [-0.2, -0.15) is 0 Å². The summed E-state index contributed by atoms with van der Waals surface area (Å²) in [7, 11) is 1.63. The van der Waals surface area contributed by atoms with E-state index in [-0.39, 0.29) is 17.7 Å². The molecular weight excluding hydrogens is 392 g/mol. The van der Waals surface area contributed by atoms with Crippen molar-refractivity contribution in [3.63, 3.8) is 0 Å². The fourth-order valence-corrected chi connectivity index (χ4v) is 4.11. The summed E-state index contributed by atoms with van der Waals surface area (Å²) in [5, 5.41) is 2.83. The van der Waals surface area contributed by atoms with Crippen LogP contribution < -0.4 is 10.1 Å². The van der Waals surface area contributed by atoms with Crippen LogP contribution in [0.3, 0.4) is 0 Å². The van der Waals surface area contributed by atoms with Gasteiger partial charge in [0.2, 0.25) is 11.8 Å². The molecule has 3 rings (SSSR count). The Morgan fingerprint density at radius 1 is 1.19 bits per heavy atom. The quantitative estimate of drug-likeness (QED) is 0.739. The Hall–Kier alpha value is -2.96. The maximum absolute atomic E-state index is 12.9. The molecular formula is C24H32N4O3. The summed E-state index contributed by atoms with van der Waals surface area (Å²) in [6.45, 7) is 7.76. The first kappa shape index (κ1) is 22.7. The van der Waals surface area contributed by atoms with E-state index >= 15 is 0 Å². The number of aryl methyl sites for hydroxylation is 2. The molecule has 1 saturated heterocycles. The first-order valence-corrected chi connectivity index (χ1v) is 10.9. The van der Waals surface area contributed by atoms with E-state index < -0.39 is 0 Å². The fourth-order valence-electron chi connectivity index (χ4n) is 4.11. The topological polar surface area (TPSA) is 84.4 Å². The highest BCUT2D eigenvalue weighted by atomic mass is 16.5. The molecule has 0 bridgehead atoms. The van der Waals surface area contributed by atoms with E-state index in [4.69, 9.17) is 14.7 Å². The van der Waals surface area contributed by atoms with Crippen molar-refractivity contribution in [2.24, 2.45) is 0 Å². The number of aromatic nitrogens is 2. The van der Waals surface area contributed by atoms with Gasteiger partial charge in [0.1, 0.15) is 11.6 Å². The lowest BCUT2D eigenvalue weighted by Crippen LogP contribution is -2.40. The van der Waals surface area contributed by atoms with Crippen molar-refractivity contribution in [1.29, 1.82) is 0 Å². The maximum atomic E-state index is 12.9. The molecule has 0 radical (unpaired) electrons. The summed E-state index contributed by atoms with van der Waals surface area (Å²) in [5.74, 6) is 1.73. The number of piperidine rings is 1. The van der Waals surface area contributed by atoms with Crippen LogP contribution in [-0.4, -0.2) is 53.4 Å². The van der Waals surface area contributed by atoms with Crippen LogP contribution in [0.15, 0.2) is 24.3 Å². The largest absolute Gasteiger partial charge is 0.497 e. The second-order valence-corrected chi connectivity index (χ2v) is 8.07. The lowest BCUT2D eigenvalue weighted by molar-refractivity contribution is -0.131. The third-order valence-corrected chi connectivity index (χ3v) is 5.78. The third-order valence-electron chi connectivity index (χ3n) is 5.78. The van der Waals surface area contributed by atoms with Crippen molar-refractivity contribution in [2.75, 3.05) is 26.7 Å². The number of nitrogens with one attached hydrogen (secondary N) is 1. The van der Waals surface area contributed by atoms with Gasteiger partial charge < -0.3 is 15.0 Å². The Labute approximate surface area is 184 Å². The molecule has 2 aromatic rings. The van der Waals surface area contributed by atoms with Crippen LogP contribution in [0.4, 0.5) is 0 Å². The van der Waals surface area contributed by atoms with Crippen molar-refractivity contribution in [1.82, 2.24) is 20.2 Å². The molecule has 7 nitrogen and oxygen atoms in total. The summed E-state index contributed by atoms with van der Waals surface area (Å²) in [5.41, 5.74) is 3.52. The molecule has 1 atom stereocenters. The van der Waals surface area contributed by atoms with E-state index in [0.29, 0.717) is 25.9 Å². The zero-order chi connectivity index (χ0) is 22.4. The van der Waals surface area contributed by atoms with Crippen LogP contribution in [0.25, 0.3) is 0 Å². The van der Waals surface area contributed by atoms with Gasteiger partial charge in [-0.3, -0.25) is 9.59 Å². The number of benzene rings is 1. The van der Waals surface area contributed by atoms with Crippen LogP contribution in [0.1, 0.15) is 54.0 Å². The standard InChI is InChI=1S/C24H32N4O3/c1-5-25-22(29)14-21-16(2)26-24(27-17(21)3)19-9-7-11-28(15-19)23(30)13-18-8-6-10-20(12-18)31-4/h6,8,10,12,19H,5,7,9,11,13-15H2,1-4H3,(H,25,29). The van der Waals surface area contributed by atoms with Crippen LogP contribution in [0, 0.1) is 13.8 Å². The first-order valence-electron chi connectivity index (χ1n) is 10.9. The highest BCUT2D eigenvalue weighted by Gasteiger charge is 2.27. The monoisotopic (exact) mass is 424 g/mol. The number of likely N-dealkylation sites (N-methyl/N-ethyl adjacent to an activating group) is 1. The van der Waals surface area contributed by atoms with Gasteiger partial charge >= 0.3 is 0 Å². The van der Waals surface area contributed by atoms with Crippen LogP contribution >= 0.6 is 0 Å². The second kappa shape index (κ2) is 10.4. The smallest absolute Gasteiger partial charge is 0.227 e. The number of amides is 2. The van der Waals surface area contributed by atoms with E-state index in [1.165, 1.54) is 0 Å². The number of hydrogen-bond donors (Lipinski definition) is 1. The van der Waals surface area contributed by atoms with Crippen LogP contribution in [0.5, 0.6) is 5.75 Å². The van der Waals surface area contributed by atoms with E-state index in [0.717, 1.165) is 53.5 Å². The van der Waals surface area contributed by atoms with Crippen molar-refractivity contribution in [2.45, 2.75) is 52.4 Å². The lowest BCUT2D eigenvalue weighted by Gasteiger charge is -2.32. The minimum Gasteiger partial charge on any atom is -0.497 e. The summed E-state index contributed by atoms with van der Waals surface area (Å²) < 4.78 is 5.26. The Bertz CT molecular complexity index is 921. The van der Waals surface area contributed by atoms with Gasteiger partial charge in [0.25, 0.3) is 0 Å². The third kappa shape index (κ3) is 5.81. The lowest BCUT2D eigenvalue weighted by atomic mass is 9.95. The summed E-state index contributed by atoms with van der Waals surface area (Å²) in [6.07, 6.45) is 2.53. The molecule has 0 spiro atoms. The number of carbonyl (C=O) groups excluding carboxylic acids is 2. The number of likely N-dealkylation sites (tertiary alicyclic amines) is 1. The second-order valence-electron chi connectivity index (χ2n) is 8.07. The van der Waals surface area contributed by atoms with E-state index in [2.05, 4.69) is 5.32 Å². The Morgan fingerprint density at radius 2 is 1.94 bits per heavy atom. The first-order chi connectivity index (χ1) is 14.9. The Morgan fingerprint density at radius 3 is 2.61 bits per heavy atom. The van der Waals surface area contributed by atoms with Crippen molar-refractivity contribution in [3.8, 4) is 5.75 Å².